The van der Waals surface area contributed by atoms with E-state index in [0.29, 0.717) is 0 Å². The van der Waals surface area contributed by atoms with E-state index in [1.807, 2.05) is 12.1 Å². The number of ether oxygens (including phenoxy) is 1. The van der Waals surface area contributed by atoms with Gasteiger partial charge in [-0.05, 0) is 61.9 Å². The zero-order valence-corrected chi connectivity index (χ0v) is 24.9. The normalized spacial score (nSPS) is 11.0. The zero-order chi connectivity index (χ0) is 27.5. The van der Waals surface area contributed by atoms with E-state index in [4.69, 9.17) is 8.92 Å². The molecule has 0 radical (unpaired) electrons. The van der Waals surface area contributed by atoms with Crippen LogP contribution in [0.1, 0.15) is 76.7 Å². The van der Waals surface area contributed by atoms with E-state index in [0.717, 1.165) is 18.6 Å². The van der Waals surface area contributed by atoms with Crippen molar-refractivity contribution in [1.82, 2.24) is 0 Å². The summed E-state index contributed by atoms with van der Waals surface area (Å²) in [6.45, 7) is 4.62. The third-order valence-electron chi connectivity index (χ3n) is 6.08. The largest absolute Gasteiger partial charge is 0.497 e. The topological polar surface area (TPSA) is 52.6 Å². The molecule has 3 aromatic carbocycles. The van der Waals surface area contributed by atoms with Crippen molar-refractivity contribution < 1.29 is 17.3 Å². The summed E-state index contributed by atoms with van der Waals surface area (Å²) < 4.78 is 33.9. The van der Waals surface area contributed by atoms with Gasteiger partial charge in [-0.3, -0.25) is 4.18 Å². The maximum atomic E-state index is 11.9. The van der Waals surface area contributed by atoms with Crippen LogP contribution in [0.15, 0.2) is 93.5 Å². The van der Waals surface area contributed by atoms with Crippen LogP contribution in [0.4, 0.5) is 0 Å². The van der Waals surface area contributed by atoms with Crippen LogP contribution in [0.25, 0.3) is 0 Å². The summed E-state index contributed by atoms with van der Waals surface area (Å²) in [6, 6.07) is 25.0. The van der Waals surface area contributed by atoms with Crippen LogP contribution in [-0.4, -0.2) is 22.1 Å². The molecule has 4 nitrogen and oxygen atoms in total. The van der Waals surface area contributed by atoms with Crippen molar-refractivity contribution in [2.45, 2.75) is 92.7 Å². The van der Waals surface area contributed by atoms with Crippen molar-refractivity contribution in [3.8, 4) is 5.75 Å². The molecule has 0 unspecified atom stereocenters. The van der Waals surface area contributed by atoms with E-state index in [-0.39, 0.29) is 11.5 Å². The minimum absolute atomic E-state index is 0.238. The molecule has 0 spiro atoms. The quantitative estimate of drug-likeness (QED) is 0.130. The SMILES string of the molecule is CCCCCCCCCCCCOS(=O)(=O)c1ccccc1.COc1ccc(Sc2ccc(C)cc2)cc1. The van der Waals surface area contributed by atoms with Crippen molar-refractivity contribution in [3.63, 3.8) is 0 Å². The molecule has 0 saturated carbocycles. The monoisotopic (exact) mass is 556 g/mol. The Morgan fingerprint density at radius 1 is 0.658 bits per heavy atom. The maximum absolute atomic E-state index is 11.9. The Morgan fingerprint density at radius 2 is 1.16 bits per heavy atom. The molecule has 0 amide bonds. The van der Waals surface area contributed by atoms with Crippen molar-refractivity contribution >= 4 is 21.9 Å². The maximum Gasteiger partial charge on any atom is 0.296 e. The molecule has 208 valence electrons. The zero-order valence-electron chi connectivity index (χ0n) is 23.2. The summed E-state index contributed by atoms with van der Waals surface area (Å²) in [5.74, 6) is 0.897. The highest BCUT2D eigenvalue weighted by atomic mass is 32.2. The molecular formula is C32H44O4S2. The summed E-state index contributed by atoms with van der Waals surface area (Å²) in [5.41, 5.74) is 1.29. The van der Waals surface area contributed by atoms with Crippen LogP contribution in [0.3, 0.4) is 0 Å². The van der Waals surface area contributed by atoms with Crippen LogP contribution in [-0.2, 0) is 14.3 Å². The van der Waals surface area contributed by atoms with Crippen molar-refractivity contribution in [2.75, 3.05) is 13.7 Å². The Morgan fingerprint density at radius 3 is 1.68 bits per heavy atom. The first-order valence-corrected chi connectivity index (χ1v) is 16.0. The molecule has 0 atom stereocenters. The fourth-order valence-electron chi connectivity index (χ4n) is 3.80. The van der Waals surface area contributed by atoms with Gasteiger partial charge in [-0.1, -0.05) is 112 Å². The summed E-state index contributed by atoms with van der Waals surface area (Å²) in [6.07, 6.45) is 12.3. The first kappa shape index (κ1) is 31.9. The molecule has 0 bridgehead atoms. The number of rotatable bonds is 16. The number of benzene rings is 3. The first-order chi connectivity index (χ1) is 18.4. The summed E-state index contributed by atoms with van der Waals surface area (Å²) in [4.78, 5) is 2.72. The molecular weight excluding hydrogens is 512 g/mol. The average molecular weight is 557 g/mol. The molecule has 0 N–H and O–H groups in total. The molecule has 6 heteroatoms. The van der Waals surface area contributed by atoms with Gasteiger partial charge in [-0.2, -0.15) is 8.42 Å². The van der Waals surface area contributed by atoms with Gasteiger partial charge in [0.1, 0.15) is 5.75 Å². The Labute approximate surface area is 235 Å². The second kappa shape index (κ2) is 18.9. The summed E-state index contributed by atoms with van der Waals surface area (Å²) in [5, 5.41) is 0. The molecule has 0 aliphatic carbocycles. The van der Waals surface area contributed by atoms with E-state index in [1.54, 1.807) is 49.2 Å². The second-order valence-corrected chi connectivity index (χ2v) is 12.1. The molecule has 0 saturated heterocycles. The van der Waals surface area contributed by atoms with Crippen LogP contribution >= 0.6 is 11.8 Å². The average Bonchev–Trinajstić information content (AvgIpc) is 2.94. The number of aryl methyl sites for hydroxylation is 1. The van der Waals surface area contributed by atoms with Crippen LogP contribution in [0.5, 0.6) is 5.75 Å². The van der Waals surface area contributed by atoms with Crippen molar-refractivity contribution in [1.29, 1.82) is 0 Å². The molecule has 0 aliphatic heterocycles. The van der Waals surface area contributed by atoms with Gasteiger partial charge < -0.3 is 4.74 Å². The highest BCUT2D eigenvalue weighted by molar-refractivity contribution is 7.99. The third kappa shape index (κ3) is 13.5. The van der Waals surface area contributed by atoms with Crippen LogP contribution in [0.2, 0.25) is 0 Å². The molecule has 3 aromatic rings. The van der Waals surface area contributed by atoms with Gasteiger partial charge >= 0.3 is 0 Å². The lowest BCUT2D eigenvalue weighted by Crippen LogP contribution is -2.07. The highest BCUT2D eigenvalue weighted by Gasteiger charge is 2.13. The molecule has 0 aromatic heterocycles. The Hall–Kier alpha value is -2.28. The lowest BCUT2D eigenvalue weighted by atomic mass is 10.1. The van der Waals surface area contributed by atoms with Crippen molar-refractivity contribution in [2.24, 2.45) is 0 Å². The Kier molecular flexibility index (Phi) is 15.9. The van der Waals surface area contributed by atoms with E-state index in [2.05, 4.69) is 50.2 Å². The van der Waals surface area contributed by atoms with Gasteiger partial charge in [0, 0.05) is 9.79 Å². The number of hydrogen-bond donors (Lipinski definition) is 0. The standard InChI is InChI=1S/C18H30O3S.C14H14OS/c1-2-3-4-5-6-7-8-9-10-14-17-21-22(19,20)18-15-12-11-13-16-18;1-11-3-7-13(8-4-11)16-14-9-5-12(15-2)6-10-14/h11-13,15-16H,2-10,14,17H2,1H3;3-10H,1-2H3. The van der Waals surface area contributed by atoms with Gasteiger partial charge in [-0.25, -0.2) is 0 Å². The molecule has 0 fully saturated rings. The van der Waals surface area contributed by atoms with Gasteiger partial charge in [0.05, 0.1) is 18.6 Å². The van der Waals surface area contributed by atoms with E-state index < -0.39 is 10.1 Å². The summed E-state index contributed by atoms with van der Waals surface area (Å²) in [7, 11) is -1.89. The van der Waals surface area contributed by atoms with Gasteiger partial charge in [0.2, 0.25) is 0 Å². The lowest BCUT2D eigenvalue weighted by Gasteiger charge is -2.05. The lowest BCUT2D eigenvalue weighted by molar-refractivity contribution is 0.306. The predicted molar refractivity (Wildman–Crippen MR) is 160 cm³/mol. The molecule has 0 heterocycles. The number of unbranched alkanes of at least 4 members (excludes halogenated alkanes) is 9. The van der Waals surface area contributed by atoms with Gasteiger partial charge in [-0.15, -0.1) is 0 Å². The van der Waals surface area contributed by atoms with Gasteiger partial charge in [0.25, 0.3) is 10.1 Å². The van der Waals surface area contributed by atoms with Gasteiger partial charge in [0.15, 0.2) is 0 Å². The van der Waals surface area contributed by atoms with E-state index in [9.17, 15) is 8.42 Å². The summed E-state index contributed by atoms with van der Waals surface area (Å²) >= 11 is 1.76. The Bertz CT molecular complexity index is 1100. The predicted octanol–water partition coefficient (Wildman–Crippen LogP) is 9.47. The Balaban J connectivity index is 0.000000279. The molecule has 0 aliphatic rings. The van der Waals surface area contributed by atoms with Crippen LogP contribution < -0.4 is 4.74 Å². The first-order valence-electron chi connectivity index (χ1n) is 13.8. The van der Waals surface area contributed by atoms with E-state index >= 15 is 0 Å². The molecule has 38 heavy (non-hydrogen) atoms. The number of hydrogen-bond acceptors (Lipinski definition) is 5. The fourth-order valence-corrected chi connectivity index (χ4v) is 5.58. The minimum Gasteiger partial charge on any atom is -0.497 e. The smallest absolute Gasteiger partial charge is 0.296 e. The van der Waals surface area contributed by atoms with Crippen molar-refractivity contribution in [3.05, 3.63) is 84.4 Å². The van der Waals surface area contributed by atoms with Crippen LogP contribution in [0, 0.1) is 6.92 Å². The minimum atomic E-state index is -3.57. The highest BCUT2D eigenvalue weighted by Crippen LogP contribution is 2.29. The second-order valence-electron chi connectivity index (χ2n) is 9.36. The third-order valence-corrected chi connectivity index (χ3v) is 8.43. The molecule has 3 rings (SSSR count). The number of methoxy groups -OCH3 is 1. The van der Waals surface area contributed by atoms with E-state index in [1.165, 1.54) is 66.7 Å². The fraction of sp³-hybridized carbons (Fsp3) is 0.438.